The quantitative estimate of drug-likeness (QED) is 0.659. The normalized spacial score (nSPS) is 11.8. The SMILES string of the molecule is CC(C)NC(=O)[C@H](C)N(Cc1ccc(F)cc1)C(=O)COc1ccc(Cl)cc1Cl. The molecular weight excluding hydrogens is 418 g/mol. The molecule has 0 aromatic heterocycles. The topological polar surface area (TPSA) is 58.6 Å². The lowest BCUT2D eigenvalue weighted by atomic mass is 10.1. The molecule has 1 atom stereocenters. The number of hydrogen-bond donors (Lipinski definition) is 1. The highest BCUT2D eigenvalue weighted by Crippen LogP contribution is 2.27. The lowest BCUT2D eigenvalue weighted by molar-refractivity contribution is -0.142. The van der Waals surface area contributed by atoms with Crippen LogP contribution in [-0.4, -0.2) is 35.4 Å². The minimum Gasteiger partial charge on any atom is -0.482 e. The molecule has 0 unspecified atom stereocenters. The molecule has 0 aliphatic rings. The Balaban J connectivity index is 2.16. The van der Waals surface area contributed by atoms with Gasteiger partial charge in [0.1, 0.15) is 17.6 Å². The van der Waals surface area contributed by atoms with E-state index in [9.17, 15) is 14.0 Å². The Labute approximate surface area is 179 Å². The first-order chi connectivity index (χ1) is 13.7. The molecule has 2 aromatic rings. The molecule has 2 amide bonds. The number of halogens is 3. The molecule has 0 heterocycles. The van der Waals surface area contributed by atoms with Crippen LogP contribution in [0.5, 0.6) is 5.75 Å². The van der Waals surface area contributed by atoms with E-state index >= 15 is 0 Å². The van der Waals surface area contributed by atoms with E-state index in [2.05, 4.69) is 5.32 Å². The molecule has 0 saturated heterocycles. The molecular formula is C21H23Cl2FN2O3. The standard InChI is InChI=1S/C21H23Cl2FN2O3/c1-13(2)25-21(28)14(3)26(11-15-4-7-17(24)8-5-15)20(27)12-29-19-9-6-16(22)10-18(19)23/h4-10,13-14H,11-12H2,1-3H3,(H,25,28)/t14-/m0/s1. The van der Waals surface area contributed by atoms with Gasteiger partial charge < -0.3 is 15.0 Å². The predicted molar refractivity (Wildman–Crippen MR) is 112 cm³/mol. The van der Waals surface area contributed by atoms with E-state index in [1.165, 1.54) is 23.1 Å². The lowest BCUT2D eigenvalue weighted by Gasteiger charge is -2.29. The monoisotopic (exact) mass is 440 g/mol. The van der Waals surface area contributed by atoms with Crippen molar-refractivity contribution in [1.29, 1.82) is 0 Å². The zero-order valence-electron chi connectivity index (χ0n) is 16.4. The second-order valence-corrected chi connectivity index (χ2v) is 7.69. The van der Waals surface area contributed by atoms with Gasteiger partial charge in [-0.1, -0.05) is 35.3 Å². The summed E-state index contributed by atoms with van der Waals surface area (Å²) in [4.78, 5) is 26.7. The van der Waals surface area contributed by atoms with Gasteiger partial charge in [0.05, 0.1) is 5.02 Å². The number of carbonyl (C=O) groups is 2. The minimum atomic E-state index is -0.751. The Hall–Kier alpha value is -2.31. The first kappa shape index (κ1) is 23.0. The van der Waals surface area contributed by atoms with Crippen molar-refractivity contribution >= 4 is 35.0 Å². The van der Waals surface area contributed by atoms with Crippen LogP contribution in [0, 0.1) is 5.82 Å². The molecule has 0 bridgehead atoms. The zero-order chi connectivity index (χ0) is 21.6. The van der Waals surface area contributed by atoms with Crippen LogP contribution < -0.4 is 10.1 Å². The van der Waals surface area contributed by atoms with Crippen LogP contribution in [0.1, 0.15) is 26.3 Å². The van der Waals surface area contributed by atoms with Gasteiger partial charge in [-0.2, -0.15) is 0 Å². The third-order valence-corrected chi connectivity index (χ3v) is 4.64. The summed E-state index contributed by atoms with van der Waals surface area (Å²) in [6, 6.07) is 9.61. The maximum absolute atomic E-state index is 13.2. The van der Waals surface area contributed by atoms with Crippen molar-refractivity contribution in [3.8, 4) is 5.75 Å². The molecule has 0 aliphatic heterocycles. The third-order valence-electron chi connectivity index (χ3n) is 4.11. The number of carbonyl (C=O) groups excluding carboxylic acids is 2. The summed E-state index contributed by atoms with van der Waals surface area (Å²) in [5.74, 6) is -0.768. The van der Waals surface area contributed by atoms with Crippen LogP contribution >= 0.6 is 23.2 Å². The van der Waals surface area contributed by atoms with Crippen molar-refractivity contribution in [3.05, 3.63) is 63.9 Å². The highest BCUT2D eigenvalue weighted by Gasteiger charge is 2.27. The Morgan fingerprint density at radius 3 is 2.34 bits per heavy atom. The summed E-state index contributed by atoms with van der Waals surface area (Å²) < 4.78 is 18.7. The van der Waals surface area contributed by atoms with Gasteiger partial charge in [-0.15, -0.1) is 0 Å². The number of hydrogen-bond acceptors (Lipinski definition) is 3. The summed E-state index contributed by atoms with van der Waals surface area (Å²) in [6.45, 7) is 5.12. The van der Waals surface area contributed by atoms with Gasteiger partial charge in [-0.25, -0.2) is 4.39 Å². The molecule has 0 aliphatic carbocycles. The van der Waals surface area contributed by atoms with E-state index in [1.807, 2.05) is 13.8 Å². The first-order valence-electron chi connectivity index (χ1n) is 9.09. The highest BCUT2D eigenvalue weighted by atomic mass is 35.5. The number of amides is 2. The number of nitrogens with zero attached hydrogens (tertiary/aromatic N) is 1. The predicted octanol–water partition coefficient (Wildman–Crippen LogP) is 4.45. The van der Waals surface area contributed by atoms with Crippen LogP contribution in [0.25, 0.3) is 0 Å². The fraction of sp³-hybridized carbons (Fsp3) is 0.333. The second kappa shape index (κ2) is 10.5. The summed E-state index contributed by atoms with van der Waals surface area (Å²) >= 11 is 11.9. The molecule has 0 spiro atoms. The van der Waals surface area contributed by atoms with Crippen LogP contribution in [0.15, 0.2) is 42.5 Å². The molecule has 0 fully saturated rings. The van der Waals surface area contributed by atoms with Crippen molar-refractivity contribution < 1.29 is 18.7 Å². The lowest BCUT2D eigenvalue weighted by Crippen LogP contribution is -2.50. The average Bonchev–Trinajstić information content (AvgIpc) is 2.65. The van der Waals surface area contributed by atoms with Crippen LogP contribution in [-0.2, 0) is 16.1 Å². The Morgan fingerprint density at radius 2 is 1.76 bits per heavy atom. The fourth-order valence-corrected chi connectivity index (χ4v) is 3.05. The maximum Gasteiger partial charge on any atom is 0.261 e. The maximum atomic E-state index is 13.2. The summed E-state index contributed by atoms with van der Waals surface area (Å²) in [6.07, 6.45) is 0. The van der Waals surface area contributed by atoms with Gasteiger partial charge in [0.15, 0.2) is 6.61 Å². The zero-order valence-corrected chi connectivity index (χ0v) is 17.9. The van der Waals surface area contributed by atoms with Crippen molar-refractivity contribution in [2.45, 2.75) is 39.4 Å². The Bertz CT molecular complexity index is 860. The number of ether oxygens (including phenoxy) is 1. The van der Waals surface area contributed by atoms with E-state index in [4.69, 9.17) is 27.9 Å². The van der Waals surface area contributed by atoms with E-state index in [0.29, 0.717) is 16.3 Å². The molecule has 156 valence electrons. The van der Waals surface area contributed by atoms with Crippen LogP contribution in [0.2, 0.25) is 10.0 Å². The molecule has 5 nitrogen and oxygen atoms in total. The van der Waals surface area contributed by atoms with Crippen molar-refractivity contribution in [3.63, 3.8) is 0 Å². The summed E-state index contributed by atoms with van der Waals surface area (Å²) in [5, 5.41) is 3.52. The third kappa shape index (κ3) is 6.91. The molecule has 0 radical (unpaired) electrons. The summed E-state index contributed by atoms with van der Waals surface area (Å²) in [5.41, 5.74) is 0.688. The molecule has 0 saturated carbocycles. The van der Waals surface area contributed by atoms with Crippen molar-refractivity contribution in [1.82, 2.24) is 10.2 Å². The van der Waals surface area contributed by atoms with E-state index in [0.717, 1.165) is 0 Å². The van der Waals surface area contributed by atoms with E-state index in [1.54, 1.807) is 31.2 Å². The highest BCUT2D eigenvalue weighted by molar-refractivity contribution is 6.35. The fourth-order valence-electron chi connectivity index (χ4n) is 2.59. The van der Waals surface area contributed by atoms with Gasteiger partial charge in [0.2, 0.25) is 5.91 Å². The van der Waals surface area contributed by atoms with Crippen molar-refractivity contribution in [2.75, 3.05) is 6.61 Å². The molecule has 2 aromatic carbocycles. The van der Waals surface area contributed by atoms with Gasteiger partial charge in [-0.05, 0) is 56.7 Å². The smallest absolute Gasteiger partial charge is 0.261 e. The number of rotatable bonds is 8. The van der Waals surface area contributed by atoms with Crippen molar-refractivity contribution in [2.24, 2.45) is 0 Å². The summed E-state index contributed by atoms with van der Waals surface area (Å²) in [7, 11) is 0. The molecule has 29 heavy (non-hydrogen) atoms. The van der Waals surface area contributed by atoms with Gasteiger partial charge in [0, 0.05) is 17.6 Å². The second-order valence-electron chi connectivity index (χ2n) is 6.85. The van der Waals surface area contributed by atoms with E-state index in [-0.39, 0.29) is 35.9 Å². The first-order valence-corrected chi connectivity index (χ1v) is 9.85. The van der Waals surface area contributed by atoms with Gasteiger partial charge in [-0.3, -0.25) is 9.59 Å². The molecule has 1 N–H and O–H groups in total. The Kier molecular flexibility index (Phi) is 8.29. The Morgan fingerprint density at radius 1 is 1.10 bits per heavy atom. The largest absolute Gasteiger partial charge is 0.482 e. The molecule has 2 rings (SSSR count). The number of nitrogens with one attached hydrogen (secondary N) is 1. The van der Waals surface area contributed by atoms with Gasteiger partial charge >= 0.3 is 0 Å². The number of benzene rings is 2. The average molecular weight is 441 g/mol. The van der Waals surface area contributed by atoms with E-state index < -0.39 is 11.9 Å². The molecule has 8 heteroatoms. The van der Waals surface area contributed by atoms with Crippen LogP contribution in [0.3, 0.4) is 0 Å². The van der Waals surface area contributed by atoms with Gasteiger partial charge in [0.25, 0.3) is 5.91 Å². The van der Waals surface area contributed by atoms with Crippen LogP contribution in [0.4, 0.5) is 4.39 Å². The minimum absolute atomic E-state index is 0.0724.